The van der Waals surface area contributed by atoms with Crippen LogP contribution in [0, 0.1) is 5.92 Å². The van der Waals surface area contributed by atoms with Crippen LogP contribution in [0.2, 0.25) is 0 Å². The highest BCUT2D eigenvalue weighted by Gasteiger charge is 2.41. The second kappa shape index (κ2) is 4.27. The van der Waals surface area contributed by atoms with Crippen molar-refractivity contribution in [1.29, 1.82) is 0 Å². The smallest absolute Gasteiger partial charge is 0.323 e. The number of halogens is 3. The Morgan fingerprint density at radius 3 is 2.33 bits per heavy atom. The minimum absolute atomic E-state index is 0.238. The van der Waals surface area contributed by atoms with Gasteiger partial charge in [0.2, 0.25) is 0 Å². The van der Waals surface area contributed by atoms with E-state index in [1.54, 1.807) is 0 Å². The summed E-state index contributed by atoms with van der Waals surface area (Å²) in [5.74, 6) is 0.345. The number of nitrogens with zero attached hydrogens (tertiary/aromatic N) is 1. The van der Waals surface area contributed by atoms with Crippen LogP contribution in [0.25, 0.3) is 0 Å². The largest absolute Gasteiger partial charge is 0.522 e. The number of likely N-dealkylation sites (tertiary alicyclic amines) is 1. The van der Waals surface area contributed by atoms with Crippen LogP contribution in [0.15, 0.2) is 0 Å². The van der Waals surface area contributed by atoms with Crippen molar-refractivity contribution in [3.63, 3.8) is 0 Å². The molecule has 15 heavy (non-hydrogen) atoms. The number of alkyl halides is 3. The Balaban J connectivity index is 2.13. The van der Waals surface area contributed by atoms with Gasteiger partial charge in [0, 0.05) is 25.2 Å². The van der Waals surface area contributed by atoms with E-state index in [1.165, 1.54) is 0 Å². The molecule has 0 aliphatic carbocycles. The van der Waals surface area contributed by atoms with Gasteiger partial charge in [-0.15, -0.1) is 13.2 Å². The molecule has 6 heteroatoms. The zero-order valence-corrected chi connectivity index (χ0v) is 8.97. The maximum Gasteiger partial charge on any atom is 0.522 e. The normalized spacial score (nSPS) is 21.8. The molecule has 0 spiro atoms. The van der Waals surface area contributed by atoms with E-state index < -0.39 is 6.36 Å². The molecule has 0 aromatic heterocycles. The Hall–Kier alpha value is -0.330. The quantitative estimate of drug-likeness (QED) is 0.782. The fraction of sp³-hybridized carbons (Fsp3) is 1.00. The Kier molecular flexibility index (Phi) is 3.63. The van der Waals surface area contributed by atoms with Crippen molar-refractivity contribution in [3.05, 3.63) is 0 Å². The maximum absolute atomic E-state index is 11.6. The van der Waals surface area contributed by atoms with Crippen LogP contribution < -0.4 is 5.73 Å². The Bertz CT molecular complexity index is 212. The van der Waals surface area contributed by atoms with Crippen molar-refractivity contribution in [3.8, 4) is 0 Å². The van der Waals surface area contributed by atoms with Gasteiger partial charge in [0.1, 0.15) is 0 Å². The molecule has 1 heterocycles. The summed E-state index contributed by atoms with van der Waals surface area (Å²) in [7, 11) is 0. The first kappa shape index (κ1) is 12.7. The zero-order valence-electron chi connectivity index (χ0n) is 8.97. The maximum atomic E-state index is 11.6. The first-order chi connectivity index (χ1) is 6.73. The predicted molar refractivity (Wildman–Crippen MR) is 50.2 cm³/mol. The summed E-state index contributed by atoms with van der Waals surface area (Å²) in [5.41, 5.74) is 5.75. The molecule has 0 aromatic carbocycles. The summed E-state index contributed by atoms with van der Waals surface area (Å²) in [6.45, 7) is 5.29. The Morgan fingerprint density at radius 1 is 1.40 bits per heavy atom. The summed E-state index contributed by atoms with van der Waals surface area (Å²) < 4.78 is 38.6. The molecule has 0 radical (unpaired) electrons. The molecule has 0 amide bonds. The molecule has 1 rings (SSSR count). The third kappa shape index (κ3) is 3.62. The van der Waals surface area contributed by atoms with Crippen molar-refractivity contribution < 1.29 is 17.9 Å². The van der Waals surface area contributed by atoms with Gasteiger partial charge < -0.3 is 5.73 Å². The molecule has 0 bridgehead atoms. The zero-order chi connectivity index (χ0) is 11.7. The van der Waals surface area contributed by atoms with E-state index in [0.29, 0.717) is 19.0 Å². The molecule has 0 aromatic rings. The van der Waals surface area contributed by atoms with Crippen molar-refractivity contribution in [2.24, 2.45) is 11.7 Å². The predicted octanol–water partition coefficient (Wildman–Crippen LogP) is 1.19. The van der Waals surface area contributed by atoms with Crippen LogP contribution in [-0.2, 0) is 4.74 Å². The number of rotatable bonds is 4. The third-order valence-corrected chi connectivity index (χ3v) is 2.86. The summed E-state index contributed by atoms with van der Waals surface area (Å²) in [6.07, 6.45) is -4.53. The van der Waals surface area contributed by atoms with Gasteiger partial charge in [-0.3, -0.25) is 9.64 Å². The topological polar surface area (TPSA) is 38.5 Å². The Labute approximate surface area is 87.4 Å². The highest BCUT2D eigenvalue weighted by Crippen LogP contribution is 2.26. The van der Waals surface area contributed by atoms with E-state index in [0.717, 1.165) is 0 Å². The second-order valence-corrected chi connectivity index (χ2v) is 4.39. The van der Waals surface area contributed by atoms with E-state index in [1.807, 2.05) is 18.7 Å². The van der Waals surface area contributed by atoms with Gasteiger partial charge in [0.15, 0.2) is 0 Å². The van der Waals surface area contributed by atoms with Crippen LogP contribution >= 0.6 is 0 Å². The van der Waals surface area contributed by atoms with E-state index in [4.69, 9.17) is 5.73 Å². The van der Waals surface area contributed by atoms with Crippen LogP contribution in [0.3, 0.4) is 0 Å². The monoisotopic (exact) mass is 226 g/mol. The fourth-order valence-corrected chi connectivity index (χ4v) is 1.60. The lowest BCUT2D eigenvalue weighted by Gasteiger charge is -2.50. The highest BCUT2D eigenvalue weighted by molar-refractivity contribution is 5.01. The van der Waals surface area contributed by atoms with Crippen molar-refractivity contribution >= 4 is 0 Å². The van der Waals surface area contributed by atoms with Crippen molar-refractivity contribution in [2.45, 2.75) is 25.7 Å². The van der Waals surface area contributed by atoms with E-state index in [9.17, 15) is 13.2 Å². The molecule has 0 unspecified atom stereocenters. The van der Waals surface area contributed by atoms with Gasteiger partial charge in [-0.2, -0.15) is 0 Å². The lowest BCUT2D eigenvalue weighted by Crippen LogP contribution is -2.70. The summed E-state index contributed by atoms with van der Waals surface area (Å²) >= 11 is 0. The third-order valence-electron chi connectivity index (χ3n) is 2.86. The van der Waals surface area contributed by atoms with Gasteiger partial charge >= 0.3 is 6.36 Å². The summed E-state index contributed by atoms with van der Waals surface area (Å²) in [5, 5.41) is 0. The molecule has 2 N–H and O–H groups in total. The van der Waals surface area contributed by atoms with Gasteiger partial charge in [-0.1, -0.05) is 13.8 Å². The first-order valence-electron chi connectivity index (χ1n) is 4.95. The molecular formula is C9H17F3N2O. The van der Waals surface area contributed by atoms with Gasteiger partial charge in [-0.25, -0.2) is 0 Å². The van der Waals surface area contributed by atoms with Crippen LogP contribution in [-0.4, -0.2) is 43.0 Å². The summed E-state index contributed by atoms with van der Waals surface area (Å²) in [4.78, 5) is 1.87. The number of hydrogen-bond acceptors (Lipinski definition) is 3. The van der Waals surface area contributed by atoms with Crippen LogP contribution in [0.1, 0.15) is 13.8 Å². The molecular weight excluding hydrogens is 209 g/mol. The molecule has 0 saturated carbocycles. The summed E-state index contributed by atoms with van der Waals surface area (Å²) in [6, 6.07) is 0. The van der Waals surface area contributed by atoms with E-state index in [-0.39, 0.29) is 18.7 Å². The van der Waals surface area contributed by atoms with Crippen molar-refractivity contribution in [1.82, 2.24) is 4.90 Å². The molecule has 0 atom stereocenters. The molecule has 90 valence electrons. The first-order valence-corrected chi connectivity index (χ1v) is 4.95. The van der Waals surface area contributed by atoms with Gasteiger partial charge in [-0.05, 0) is 5.92 Å². The SMILES string of the molecule is CC(C)C1(N)CN(CCOC(F)(F)F)C1. The minimum Gasteiger partial charge on any atom is -0.323 e. The molecule has 1 aliphatic rings. The van der Waals surface area contributed by atoms with Crippen LogP contribution in [0.5, 0.6) is 0 Å². The highest BCUT2D eigenvalue weighted by atomic mass is 19.4. The molecule has 1 fully saturated rings. The Morgan fingerprint density at radius 2 is 1.93 bits per heavy atom. The van der Waals surface area contributed by atoms with Crippen LogP contribution in [0.4, 0.5) is 13.2 Å². The lowest BCUT2D eigenvalue weighted by molar-refractivity contribution is -0.325. The number of hydrogen-bond donors (Lipinski definition) is 1. The van der Waals surface area contributed by atoms with Crippen molar-refractivity contribution in [2.75, 3.05) is 26.2 Å². The lowest BCUT2D eigenvalue weighted by atomic mass is 9.80. The van der Waals surface area contributed by atoms with Gasteiger partial charge in [0.25, 0.3) is 0 Å². The van der Waals surface area contributed by atoms with E-state index in [2.05, 4.69) is 4.74 Å². The molecule has 1 saturated heterocycles. The fourth-order valence-electron chi connectivity index (χ4n) is 1.60. The van der Waals surface area contributed by atoms with Gasteiger partial charge in [0.05, 0.1) is 6.61 Å². The molecule has 3 nitrogen and oxygen atoms in total. The van der Waals surface area contributed by atoms with E-state index >= 15 is 0 Å². The number of ether oxygens (including phenoxy) is 1. The number of nitrogens with two attached hydrogens (primary N) is 1. The second-order valence-electron chi connectivity index (χ2n) is 4.39. The minimum atomic E-state index is -4.53. The average Bonchev–Trinajstić information content (AvgIpc) is 1.97. The molecule has 1 aliphatic heterocycles. The standard InChI is InChI=1S/C9H17F3N2O/c1-7(2)8(13)5-14(6-8)3-4-15-9(10,11)12/h7H,3-6,13H2,1-2H3. The average molecular weight is 226 g/mol.